The molecule has 1 aliphatic carbocycles. The zero-order valence-electron chi connectivity index (χ0n) is 12.9. The van der Waals surface area contributed by atoms with Gasteiger partial charge in [0, 0.05) is 0 Å². The standard InChI is InChI=1S/C16H26Cl2O2/c1-5-8-16(17,18)14(19)13-10-6-7-12(20-13)11(9-10)15(2,3)4/h10-13H,5-9H2,1-4H3. The van der Waals surface area contributed by atoms with Crippen molar-refractivity contribution in [2.75, 3.05) is 0 Å². The van der Waals surface area contributed by atoms with E-state index in [-0.39, 0.29) is 23.2 Å². The molecule has 0 N–H and O–H groups in total. The second-order valence-electron chi connectivity index (χ2n) is 7.46. The summed E-state index contributed by atoms with van der Waals surface area (Å²) >= 11 is 12.4. The van der Waals surface area contributed by atoms with E-state index in [0.29, 0.717) is 12.3 Å². The quantitative estimate of drug-likeness (QED) is 0.698. The molecular weight excluding hydrogens is 295 g/mol. The fraction of sp³-hybridized carbons (Fsp3) is 0.938. The zero-order chi connectivity index (χ0) is 15.1. The van der Waals surface area contributed by atoms with Crippen molar-refractivity contribution in [2.24, 2.45) is 17.3 Å². The Morgan fingerprint density at radius 1 is 1.25 bits per heavy atom. The molecule has 4 unspecified atom stereocenters. The Morgan fingerprint density at radius 3 is 2.35 bits per heavy atom. The van der Waals surface area contributed by atoms with Crippen LogP contribution in [0.4, 0.5) is 0 Å². The molecule has 0 aromatic carbocycles. The summed E-state index contributed by atoms with van der Waals surface area (Å²) in [7, 11) is 0. The Morgan fingerprint density at radius 2 is 1.90 bits per heavy atom. The number of hydrogen-bond donors (Lipinski definition) is 0. The van der Waals surface area contributed by atoms with Crippen molar-refractivity contribution < 1.29 is 9.53 Å². The van der Waals surface area contributed by atoms with Crippen molar-refractivity contribution >= 4 is 29.0 Å². The minimum Gasteiger partial charge on any atom is -0.366 e. The molecule has 2 saturated heterocycles. The summed E-state index contributed by atoms with van der Waals surface area (Å²) in [5.41, 5.74) is 0.222. The number of hydrogen-bond acceptors (Lipinski definition) is 2. The molecule has 2 heterocycles. The number of rotatable bonds is 4. The van der Waals surface area contributed by atoms with Gasteiger partial charge >= 0.3 is 0 Å². The molecule has 0 aromatic rings. The van der Waals surface area contributed by atoms with E-state index < -0.39 is 10.4 Å². The minimum atomic E-state index is -1.28. The first-order chi connectivity index (χ1) is 9.16. The lowest BCUT2D eigenvalue weighted by molar-refractivity contribution is -0.185. The van der Waals surface area contributed by atoms with E-state index in [9.17, 15) is 4.79 Å². The fourth-order valence-electron chi connectivity index (χ4n) is 3.75. The molecule has 4 atom stereocenters. The van der Waals surface area contributed by atoms with E-state index in [1.54, 1.807) is 0 Å². The topological polar surface area (TPSA) is 26.3 Å². The third kappa shape index (κ3) is 3.18. The summed E-state index contributed by atoms with van der Waals surface area (Å²) < 4.78 is 4.82. The number of carbonyl (C=O) groups is 1. The van der Waals surface area contributed by atoms with Gasteiger partial charge in [0.2, 0.25) is 0 Å². The number of fused-ring (bicyclic) bond motifs is 3. The first-order valence-corrected chi connectivity index (χ1v) is 8.50. The summed E-state index contributed by atoms with van der Waals surface area (Å²) in [4.78, 5) is 12.6. The van der Waals surface area contributed by atoms with Gasteiger partial charge in [0.15, 0.2) is 10.1 Å². The van der Waals surface area contributed by atoms with Gasteiger partial charge in [-0.05, 0) is 42.9 Å². The molecule has 0 spiro atoms. The smallest absolute Gasteiger partial charge is 0.197 e. The van der Waals surface area contributed by atoms with Crippen LogP contribution in [0.3, 0.4) is 0 Å². The highest BCUT2D eigenvalue weighted by atomic mass is 35.5. The van der Waals surface area contributed by atoms with Crippen LogP contribution in [0.1, 0.15) is 59.8 Å². The van der Waals surface area contributed by atoms with Crippen molar-refractivity contribution in [2.45, 2.75) is 76.3 Å². The second kappa shape index (κ2) is 5.78. The molecule has 3 fully saturated rings. The maximum Gasteiger partial charge on any atom is 0.197 e. The molecule has 3 aliphatic rings. The molecule has 3 rings (SSSR count). The molecule has 4 heteroatoms. The van der Waals surface area contributed by atoms with Gasteiger partial charge in [0.1, 0.15) is 6.10 Å². The summed E-state index contributed by atoms with van der Waals surface area (Å²) in [6.07, 6.45) is 4.25. The van der Waals surface area contributed by atoms with Gasteiger partial charge in [0.05, 0.1) is 6.10 Å². The Bertz CT molecular complexity index is 373. The van der Waals surface area contributed by atoms with Gasteiger partial charge in [-0.25, -0.2) is 0 Å². The third-order valence-corrected chi connectivity index (χ3v) is 5.62. The van der Waals surface area contributed by atoms with Crippen LogP contribution in [0.15, 0.2) is 0 Å². The largest absolute Gasteiger partial charge is 0.366 e. The molecule has 20 heavy (non-hydrogen) atoms. The van der Waals surface area contributed by atoms with Crippen LogP contribution in [-0.2, 0) is 9.53 Å². The normalized spacial score (nSPS) is 34.3. The predicted molar refractivity (Wildman–Crippen MR) is 83.3 cm³/mol. The molecule has 1 saturated carbocycles. The van der Waals surface area contributed by atoms with Gasteiger partial charge < -0.3 is 4.74 Å². The zero-order valence-corrected chi connectivity index (χ0v) is 14.4. The number of alkyl halides is 2. The minimum absolute atomic E-state index is 0.121. The molecule has 2 nitrogen and oxygen atoms in total. The van der Waals surface area contributed by atoms with E-state index in [1.807, 2.05) is 6.92 Å². The van der Waals surface area contributed by atoms with E-state index in [0.717, 1.165) is 25.7 Å². The lowest BCUT2D eigenvalue weighted by Gasteiger charge is -2.51. The maximum atomic E-state index is 12.6. The van der Waals surface area contributed by atoms with Crippen LogP contribution >= 0.6 is 23.2 Å². The molecule has 2 bridgehead atoms. The first kappa shape index (κ1) is 16.6. The van der Waals surface area contributed by atoms with Gasteiger partial charge in [0.25, 0.3) is 0 Å². The van der Waals surface area contributed by atoms with Crippen LogP contribution in [0.25, 0.3) is 0 Å². The summed E-state index contributed by atoms with van der Waals surface area (Å²) in [6.45, 7) is 8.74. The number of Topliss-reactive ketones (excluding diaryl/α,β-unsaturated/α-hetero) is 1. The predicted octanol–water partition coefficient (Wildman–Crippen LogP) is 4.76. The van der Waals surface area contributed by atoms with Crippen LogP contribution in [-0.4, -0.2) is 22.3 Å². The van der Waals surface area contributed by atoms with E-state index in [2.05, 4.69) is 20.8 Å². The molecule has 2 aliphatic heterocycles. The van der Waals surface area contributed by atoms with Gasteiger partial charge in [-0.3, -0.25) is 4.79 Å². The average Bonchev–Trinajstić information content (AvgIpc) is 2.37. The lowest BCUT2D eigenvalue weighted by atomic mass is 9.64. The lowest BCUT2D eigenvalue weighted by Crippen LogP contribution is -2.55. The van der Waals surface area contributed by atoms with Crippen LogP contribution in [0.5, 0.6) is 0 Å². The summed E-state index contributed by atoms with van der Waals surface area (Å²) in [5.74, 6) is 0.687. The second-order valence-corrected chi connectivity index (χ2v) is 8.94. The van der Waals surface area contributed by atoms with Gasteiger partial charge in [-0.2, -0.15) is 0 Å². The monoisotopic (exact) mass is 320 g/mol. The number of ether oxygens (including phenoxy) is 1. The molecule has 0 amide bonds. The molecule has 116 valence electrons. The first-order valence-electron chi connectivity index (χ1n) is 7.74. The van der Waals surface area contributed by atoms with Crippen molar-refractivity contribution in [1.29, 1.82) is 0 Å². The van der Waals surface area contributed by atoms with E-state index in [4.69, 9.17) is 27.9 Å². The van der Waals surface area contributed by atoms with Gasteiger partial charge in [-0.1, -0.05) is 57.3 Å². The molecular formula is C16H26Cl2O2. The van der Waals surface area contributed by atoms with Crippen molar-refractivity contribution in [1.82, 2.24) is 0 Å². The Balaban J connectivity index is 2.10. The van der Waals surface area contributed by atoms with Crippen LogP contribution < -0.4 is 0 Å². The molecule has 0 aromatic heterocycles. The van der Waals surface area contributed by atoms with Crippen LogP contribution in [0.2, 0.25) is 0 Å². The highest BCUT2D eigenvalue weighted by Gasteiger charge is 2.52. The van der Waals surface area contributed by atoms with E-state index >= 15 is 0 Å². The maximum absolute atomic E-state index is 12.6. The average molecular weight is 321 g/mol. The Labute approximate surface area is 132 Å². The Kier molecular flexibility index (Phi) is 4.79. The van der Waals surface area contributed by atoms with E-state index in [1.165, 1.54) is 0 Å². The Hall–Kier alpha value is 0.210. The van der Waals surface area contributed by atoms with Crippen LogP contribution in [0, 0.1) is 17.3 Å². The fourth-order valence-corrected chi connectivity index (χ4v) is 4.34. The molecule has 0 radical (unpaired) electrons. The number of carbonyl (C=O) groups excluding carboxylic acids is 1. The summed E-state index contributed by atoms with van der Waals surface area (Å²) in [6, 6.07) is 0. The highest BCUT2D eigenvalue weighted by Crippen LogP contribution is 2.49. The van der Waals surface area contributed by atoms with Gasteiger partial charge in [-0.15, -0.1) is 0 Å². The SMILES string of the molecule is CCCC(Cl)(Cl)C(=O)C1OC2CCC1CC2C(C)(C)C. The number of halogens is 2. The third-order valence-electron chi connectivity index (χ3n) is 4.87. The highest BCUT2D eigenvalue weighted by molar-refractivity contribution is 6.58. The van der Waals surface area contributed by atoms with Crippen molar-refractivity contribution in [3.05, 3.63) is 0 Å². The van der Waals surface area contributed by atoms with Crippen molar-refractivity contribution in [3.63, 3.8) is 0 Å². The summed E-state index contributed by atoms with van der Waals surface area (Å²) in [5, 5.41) is 0. The van der Waals surface area contributed by atoms with Crippen molar-refractivity contribution in [3.8, 4) is 0 Å². The number of ketones is 1.